The average Bonchev–Trinajstić information content (AvgIpc) is 2.16. The Bertz CT molecular complexity index is 457. The van der Waals surface area contributed by atoms with Crippen LogP contribution in [-0.2, 0) is 11.0 Å². The Morgan fingerprint density at radius 1 is 1.44 bits per heavy atom. The maximum Gasteiger partial charge on any atom is 0.433 e. The van der Waals surface area contributed by atoms with E-state index in [1.54, 1.807) is 0 Å². The van der Waals surface area contributed by atoms with Crippen molar-refractivity contribution in [3.63, 3.8) is 0 Å². The quantitative estimate of drug-likeness (QED) is 0.748. The monoisotopic (exact) mass is 229 g/mol. The van der Waals surface area contributed by atoms with E-state index < -0.39 is 24.3 Å². The zero-order chi connectivity index (χ0) is 12.2. The van der Waals surface area contributed by atoms with Gasteiger partial charge in [0, 0.05) is 0 Å². The minimum absolute atomic E-state index is 0.101. The first-order chi connectivity index (χ1) is 7.39. The van der Waals surface area contributed by atoms with Gasteiger partial charge in [-0.15, -0.1) is 0 Å². The van der Waals surface area contributed by atoms with Crippen LogP contribution in [0.15, 0.2) is 18.2 Å². The van der Waals surface area contributed by atoms with Crippen LogP contribution in [0.5, 0.6) is 0 Å². The van der Waals surface area contributed by atoms with Crippen LogP contribution in [0.3, 0.4) is 0 Å². The van der Waals surface area contributed by atoms with Gasteiger partial charge in [0.25, 0.3) is 0 Å². The number of alkyl halides is 3. The molecule has 0 radical (unpaired) electrons. The molecule has 0 saturated heterocycles. The second-order valence-electron chi connectivity index (χ2n) is 2.78. The summed E-state index contributed by atoms with van der Waals surface area (Å²) in [6, 6.07) is 3.27. The molecular weight excluding hydrogens is 223 g/mol. The van der Waals surface area contributed by atoms with Gasteiger partial charge in [0.05, 0.1) is 0 Å². The van der Waals surface area contributed by atoms with Crippen LogP contribution >= 0.6 is 0 Å². The second-order valence-corrected chi connectivity index (χ2v) is 2.78. The van der Waals surface area contributed by atoms with Gasteiger partial charge >= 0.3 is 12.1 Å². The number of nitrogens with zero attached hydrogens (tertiary/aromatic N) is 1. The standard InChI is InChI=1S/C10H6F3NO2/c11-10(12,13)8-5-1-3-7(14-8)4-2-6-9(15)16/h1,3,5H,6H2,(H,15,16). The number of halogens is 3. The smallest absolute Gasteiger partial charge is 0.433 e. The zero-order valence-electron chi connectivity index (χ0n) is 7.88. The van der Waals surface area contributed by atoms with Crippen LogP contribution in [0.25, 0.3) is 0 Å². The highest BCUT2D eigenvalue weighted by Crippen LogP contribution is 2.27. The van der Waals surface area contributed by atoms with Crippen molar-refractivity contribution in [1.82, 2.24) is 4.98 Å². The van der Waals surface area contributed by atoms with Gasteiger partial charge in [0.1, 0.15) is 17.8 Å². The van der Waals surface area contributed by atoms with Crippen LogP contribution < -0.4 is 0 Å². The third-order valence-corrected chi connectivity index (χ3v) is 1.50. The Morgan fingerprint density at radius 2 is 2.12 bits per heavy atom. The van der Waals surface area contributed by atoms with E-state index in [1.165, 1.54) is 12.1 Å². The largest absolute Gasteiger partial charge is 0.481 e. The molecule has 6 heteroatoms. The van der Waals surface area contributed by atoms with Crippen molar-refractivity contribution >= 4 is 5.97 Å². The van der Waals surface area contributed by atoms with Gasteiger partial charge < -0.3 is 5.11 Å². The Kier molecular flexibility index (Phi) is 3.51. The molecule has 0 spiro atoms. The van der Waals surface area contributed by atoms with Crippen LogP contribution in [-0.4, -0.2) is 16.1 Å². The molecule has 3 nitrogen and oxygen atoms in total. The maximum absolute atomic E-state index is 12.2. The SMILES string of the molecule is O=C(O)CC#Cc1cccc(C(F)(F)F)n1. The number of pyridine rings is 1. The minimum Gasteiger partial charge on any atom is -0.481 e. The van der Waals surface area contributed by atoms with Gasteiger partial charge in [-0.05, 0) is 18.1 Å². The Hall–Kier alpha value is -2.03. The number of hydrogen-bond acceptors (Lipinski definition) is 2. The number of aliphatic carboxylic acids is 1. The summed E-state index contributed by atoms with van der Waals surface area (Å²) >= 11 is 0. The van der Waals surface area contributed by atoms with Crippen molar-refractivity contribution in [3.8, 4) is 11.8 Å². The highest BCUT2D eigenvalue weighted by molar-refractivity contribution is 5.70. The molecule has 0 unspecified atom stereocenters. The number of carbonyl (C=O) groups is 1. The lowest BCUT2D eigenvalue weighted by Gasteiger charge is -2.04. The zero-order valence-corrected chi connectivity index (χ0v) is 7.88. The van der Waals surface area contributed by atoms with Gasteiger partial charge in [-0.3, -0.25) is 4.79 Å². The van der Waals surface area contributed by atoms with E-state index in [1.807, 2.05) is 0 Å². The van der Waals surface area contributed by atoms with Crippen molar-refractivity contribution in [2.45, 2.75) is 12.6 Å². The lowest BCUT2D eigenvalue weighted by molar-refractivity contribution is -0.141. The molecule has 1 rings (SSSR count). The first-order valence-corrected chi connectivity index (χ1v) is 4.14. The molecule has 0 atom stereocenters. The third kappa shape index (κ3) is 3.61. The first-order valence-electron chi connectivity index (χ1n) is 4.14. The molecule has 1 heterocycles. The van der Waals surface area contributed by atoms with Crippen LogP contribution in [0.2, 0.25) is 0 Å². The van der Waals surface area contributed by atoms with E-state index in [-0.39, 0.29) is 5.69 Å². The maximum atomic E-state index is 12.2. The van der Waals surface area contributed by atoms with Gasteiger partial charge in [-0.25, -0.2) is 4.98 Å². The van der Waals surface area contributed by atoms with Gasteiger partial charge in [-0.2, -0.15) is 13.2 Å². The molecule has 84 valence electrons. The van der Waals surface area contributed by atoms with E-state index in [9.17, 15) is 18.0 Å². The van der Waals surface area contributed by atoms with Gasteiger partial charge in [-0.1, -0.05) is 12.0 Å². The highest BCUT2D eigenvalue weighted by Gasteiger charge is 2.32. The van der Waals surface area contributed by atoms with E-state index in [4.69, 9.17) is 5.11 Å². The molecule has 0 amide bonds. The number of rotatable bonds is 1. The lowest BCUT2D eigenvalue weighted by atomic mass is 10.3. The molecule has 0 aromatic carbocycles. The van der Waals surface area contributed by atoms with E-state index >= 15 is 0 Å². The molecule has 0 aliphatic heterocycles. The van der Waals surface area contributed by atoms with E-state index in [0.29, 0.717) is 0 Å². The first kappa shape index (κ1) is 12.0. The van der Waals surface area contributed by atoms with Crippen molar-refractivity contribution in [2.24, 2.45) is 0 Å². The molecule has 0 fully saturated rings. The van der Waals surface area contributed by atoms with Gasteiger partial charge in [0.2, 0.25) is 0 Å². The van der Waals surface area contributed by atoms with Crippen molar-refractivity contribution in [3.05, 3.63) is 29.6 Å². The van der Waals surface area contributed by atoms with Gasteiger partial charge in [0.15, 0.2) is 0 Å². The second kappa shape index (κ2) is 4.66. The topological polar surface area (TPSA) is 50.2 Å². The lowest BCUT2D eigenvalue weighted by Crippen LogP contribution is -2.08. The molecule has 16 heavy (non-hydrogen) atoms. The summed E-state index contributed by atoms with van der Waals surface area (Å²) < 4.78 is 36.6. The Balaban J connectivity index is 2.90. The van der Waals surface area contributed by atoms with Crippen molar-refractivity contribution in [1.29, 1.82) is 0 Å². The fraction of sp³-hybridized carbons (Fsp3) is 0.200. The molecule has 0 aliphatic rings. The fourth-order valence-corrected chi connectivity index (χ4v) is 0.873. The summed E-state index contributed by atoms with van der Waals surface area (Å²) in [5, 5.41) is 8.27. The normalized spacial score (nSPS) is 10.4. The number of hydrogen-bond donors (Lipinski definition) is 1. The summed E-state index contributed by atoms with van der Waals surface area (Å²) in [5.74, 6) is 3.31. The molecule has 0 bridgehead atoms. The number of carboxylic acid groups (broad SMARTS) is 1. The van der Waals surface area contributed by atoms with Crippen LogP contribution in [0, 0.1) is 11.8 Å². The van der Waals surface area contributed by atoms with Crippen LogP contribution in [0.4, 0.5) is 13.2 Å². The predicted octanol–water partition coefficient (Wildman–Crippen LogP) is 1.93. The summed E-state index contributed by atoms with van der Waals surface area (Å²) in [7, 11) is 0. The molecular formula is C10H6F3NO2. The molecule has 0 aliphatic carbocycles. The molecule has 1 aromatic heterocycles. The summed E-state index contributed by atoms with van der Waals surface area (Å²) in [4.78, 5) is 13.4. The fourth-order valence-electron chi connectivity index (χ4n) is 0.873. The molecule has 0 saturated carbocycles. The van der Waals surface area contributed by atoms with Crippen LogP contribution in [0.1, 0.15) is 17.8 Å². The summed E-state index contributed by atoms with van der Waals surface area (Å²) in [6.45, 7) is 0. The highest BCUT2D eigenvalue weighted by atomic mass is 19.4. The third-order valence-electron chi connectivity index (χ3n) is 1.50. The van der Waals surface area contributed by atoms with Crippen molar-refractivity contribution < 1.29 is 23.1 Å². The van der Waals surface area contributed by atoms with E-state index in [0.717, 1.165) is 6.07 Å². The number of carboxylic acids is 1. The summed E-state index contributed by atoms with van der Waals surface area (Å²) in [6.07, 6.45) is -4.96. The average molecular weight is 229 g/mol. The number of aromatic nitrogens is 1. The minimum atomic E-state index is -4.52. The molecule has 1 N–H and O–H groups in total. The Morgan fingerprint density at radius 3 is 2.69 bits per heavy atom. The Labute approximate surface area is 88.9 Å². The summed E-state index contributed by atoms with van der Waals surface area (Å²) in [5.41, 5.74) is -1.15. The van der Waals surface area contributed by atoms with Crippen molar-refractivity contribution in [2.75, 3.05) is 0 Å². The predicted molar refractivity (Wildman–Crippen MR) is 48.4 cm³/mol. The molecule has 1 aromatic rings. The van der Waals surface area contributed by atoms with E-state index in [2.05, 4.69) is 16.8 Å².